The normalized spacial score (nSPS) is 14.0. The Morgan fingerprint density at radius 1 is 0.302 bits per heavy atom. The van der Waals surface area contributed by atoms with Gasteiger partial charge in [-0.25, -0.2) is 5.84 Å². The second-order valence-corrected chi connectivity index (χ2v) is 26.9. The molecule has 28 nitrogen and oxygen atoms in total. The van der Waals surface area contributed by atoms with Crippen molar-refractivity contribution in [2.45, 2.75) is 176 Å². The number of hydrogen-bond acceptors (Lipinski definition) is 16. The van der Waals surface area contributed by atoms with Crippen LogP contribution < -0.4 is 88.2 Å². The lowest BCUT2D eigenvalue weighted by Crippen LogP contribution is -2.61. The van der Waals surface area contributed by atoms with Gasteiger partial charge in [0.1, 0.15) is 48.3 Å². The number of unbranched alkanes of at least 4 members (excludes halogenated alkanes) is 5. The molecule has 0 saturated carbocycles. The minimum absolute atomic E-state index is 0.0193. The smallest absolute Gasteiger partial charge is 0.256 e. The van der Waals surface area contributed by atoms with E-state index in [1.165, 1.54) is 0 Å². The van der Waals surface area contributed by atoms with Gasteiger partial charge in [0, 0.05) is 76.5 Å². The second kappa shape index (κ2) is 42.6. The van der Waals surface area contributed by atoms with Crippen LogP contribution in [-0.2, 0) is 62.4 Å². The molecule has 9 amide bonds. The van der Waals surface area contributed by atoms with Crippen molar-refractivity contribution in [3.05, 3.63) is 180 Å². The Labute approximate surface area is 617 Å². The number of hydrazine groups is 1. The number of carbonyl (C=O) groups excluding carboxylic acids is 9. The van der Waals surface area contributed by atoms with Crippen LogP contribution in [0, 0.1) is 0 Å². The molecule has 0 aliphatic heterocycles. The highest BCUT2D eigenvalue weighted by atomic mass is 16.2. The summed E-state index contributed by atoms with van der Waals surface area (Å²) >= 11 is 0. The summed E-state index contributed by atoms with van der Waals surface area (Å²) in [5, 5.41) is 25.7. The summed E-state index contributed by atoms with van der Waals surface area (Å²) in [6.07, 6.45) is 10.4. The molecule has 28 heteroatoms. The van der Waals surface area contributed by atoms with Crippen molar-refractivity contribution in [2.24, 2.45) is 40.2 Å². The molecule has 0 fully saturated rings. The van der Waals surface area contributed by atoms with E-state index in [2.05, 4.69) is 62.9 Å². The van der Waals surface area contributed by atoms with Crippen LogP contribution in [0.5, 0.6) is 0 Å². The van der Waals surface area contributed by atoms with Gasteiger partial charge in [-0.2, -0.15) is 0 Å². The van der Waals surface area contributed by atoms with Crippen LogP contribution in [0.15, 0.2) is 152 Å². The van der Waals surface area contributed by atoms with Gasteiger partial charge in [0.15, 0.2) is 0 Å². The molecule has 0 bridgehead atoms. The summed E-state index contributed by atoms with van der Waals surface area (Å²) in [7, 11) is 0. The molecule has 0 unspecified atom stereocenters. The lowest BCUT2D eigenvalue weighted by molar-refractivity contribution is -0.136. The Balaban J connectivity index is 1.12. The summed E-state index contributed by atoms with van der Waals surface area (Å²) in [6.45, 7) is 1.58. The molecule has 0 saturated heterocycles. The third-order valence-corrected chi connectivity index (χ3v) is 19.2. The number of fused-ring (bicyclic) bond motifs is 3. The number of carbonyl (C=O) groups is 9. The molecule has 0 aliphatic rings. The predicted molar refractivity (Wildman–Crippen MR) is 411 cm³/mol. The number of nitrogens with two attached hydrogens (primary N) is 7. The van der Waals surface area contributed by atoms with Crippen LogP contribution >= 0.6 is 0 Å². The summed E-state index contributed by atoms with van der Waals surface area (Å²) in [5.74, 6) is -1.69. The first kappa shape index (κ1) is 81.3. The number of rotatable bonds is 46. The molecule has 3 heterocycles. The summed E-state index contributed by atoms with van der Waals surface area (Å²) in [6, 6.07) is 28.9. The highest BCUT2D eigenvalue weighted by Gasteiger charge is 2.39. The van der Waals surface area contributed by atoms with E-state index in [9.17, 15) is 14.4 Å². The van der Waals surface area contributed by atoms with E-state index in [0.29, 0.717) is 118 Å². The lowest BCUT2D eigenvalue weighted by atomic mass is 9.84. The zero-order valence-corrected chi connectivity index (χ0v) is 60.2. The number of aromatic nitrogens is 3. The number of nitrogens with one attached hydrogen (secondary N) is 12. The molecule has 106 heavy (non-hydrogen) atoms. The Hall–Kier alpha value is -10.3. The highest BCUT2D eigenvalue weighted by molar-refractivity contribution is 6.00. The van der Waals surface area contributed by atoms with Gasteiger partial charge in [-0.1, -0.05) is 122 Å². The maximum absolute atomic E-state index is 15.6. The maximum atomic E-state index is 15.6. The van der Waals surface area contributed by atoms with E-state index in [1.54, 1.807) is 42.9 Å². The topological polar surface area (TPSA) is 491 Å². The van der Waals surface area contributed by atoms with Crippen LogP contribution in [0.4, 0.5) is 0 Å². The molecular weight excluding hydrogens is 1350 g/mol. The molecule has 26 N–H and O–H groups in total. The van der Waals surface area contributed by atoms with Crippen LogP contribution in [0.1, 0.15) is 130 Å². The zero-order valence-electron chi connectivity index (χ0n) is 60.2. The van der Waals surface area contributed by atoms with Gasteiger partial charge < -0.3 is 91.9 Å². The quantitative estimate of drug-likeness (QED) is 0.0113. The van der Waals surface area contributed by atoms with E-state index < -0.39 is 113 Å². The van der Waals surface area contributed by atoms with Crippen molar-refractivity contribution >= 4 is 85.9 Å². The van der Waals surface area contributed by atoms with Gasteiger partial charge in [-0.05, 0) is 169 Å². The van der Waals surface area contributed by atoms with Crippen molar-refractivity contribution < 1.29 is 43.2 Å². The Bertz CT molecular complexity index is 4090. The van der Waals surface area contributed by atoms with Gasteiger partial charge in [0.2, 0.25) is 47.3 Å². The van der Waals surface area contributed by atoms with E-state index in [0.717, 1.165) is 32.7 Å². The number of aromatic amines is 3. The maximum Gasteiger partial charge on any atom is 0.256 e. The molecule has 9 atom stereocenters. The number of amides is 9. The molecule has 0 aliphatic carbocycles. The minimum Gasteiger partial charge on any atom is -0.361 e. The first-order valence-corrected chi connectivity index (χ1v) is 36.9. The number of H-pyrrole nitrogens is 3. The predicted octanol–water partition coefficient (Wildman–Crippen LogP) is 2.83. The van der Waals surface area contributed by atoms with Gasteiger partial charge >= 0.3 is 0 Å². The largest absolute Gasteiger partial charge is 0.361 e. The molecule has 568 valence electrons. The third kappa shape index (κ3) is 23.6. The van der Waals surface area contributed by atoms with Crippen LogP contribution in [0.2, 0.25) is 0 Å². The van der Waals surface area contributed by atoms with E-state index in [1.807, 2.05) is 109 Å². The van der Waals surface area contributed by atoms with Crippen molar-refractivity contribution in [1.29, 1.82) is 0 Å². The Morgan fingerprint density at radius 3 is 0.915 bits per heavy atom. The third-order valence-electron chi connectivity index (χ3n) is 19.2. The van der Waals surface area contributed by atoms with E-state index >= 15 is 28.8 Å². The van der Waals surface area contributed by atoms with Crippen LogP contribution in [0.3, 0.4) is 0 Å². The zero-order chi connectivity index (χ0) is 75.7. The monoisotopic (exact) mass is 1450 g/mol. The fourth-order valence-electron chi connectivity index (χ4n) is 13.3. The lowest BCUT2D eigenvalue weighted by Gasteiger charge is -2.31. The SMILES string of the molecule is NCCCC[C@@H](N)C(=O)N[C@H](CCCCN)C(=O)N[C@H](Cc1c[nH]c2ccccc12)C(=O)N[C@H](Cc1c[nH]c2ccccc12)C(=O)N[C@H](CCCCN)C(=O)N[C@H](CCCCN)C(=O)N[C@H](Cc1c[nH]c2ccccc12)C(=O)N[C@@H](C(=O)N[C@H](CCCCN)C(=O)NN)C(c1ccccc1)c1ccccc1. The number of benzene rings is 5. The van der Waals surface area contributed by atoms with Crippen molar-refractivity contribution in [3.8, 4) is 0 Å². The molecule has 8 aromatic rings. The Morgan fingerprint density at radius 2 is 0.575 bits per heavy atom. The van der Waals surface area contributed by atoms with Crippen molar-refractivity contribution in [3.63, 3.8) is 0 Å². The van der Waals surface area contributed by atoms with Gasteiger partial charge in [0.05, 0.1) is 6.04 Å². The first-order valence-electron chi connectivity index (χ1n) is 36.9. The summed E-state index contributed by atoms with van der Waals surface area (Å²) in [5.41, 5.74) is 43.5. The first-order chi connectivity index (χ1) is 51.5. The van der Waals surface area contributed by atoms with Crippen molar-refractivity contribution in [2.75, 3.05) is 32.7 Å². The fourth-order valence-corrected chi connectivity index (χ4v) is 13.3. The molecule has 3 aromatic heterocycles. The number of para-hydroxylation sites is 3. The standard InChI is InChI=1S/C78H107N19O9/c79-38-18-13-30-57(84)70(98)89-61(34-14-19-39-80)72(100)93-66(44-52-47-87-59-32-11-8-28-55(52)59)75(103)95-65(43-51-46-86-58-31-10-7-27-54(51)58)74(102)91-62(35-15-20-40-81)71(99)90-63(36-16-21-41-82)73(101)94-67(45-53-48-88-60-33-12-9-29-56(53)60)76(104)96-69(78(106)92-64(77(105)97-85)37-17-22-42-83)68(49-23-3-1-4-24-49)50-25-5-2-6-26-50/h1-12,23-29,31-33,46-48,57,61-69,86-88H,13-22,30,34-45,79-85H2,(H,89,98)(H,90,99)(H,91,102)(H,92,106)(H,93,100)(H,94,101)(H,95,103)(H,96,104)(H,97,105)/t57-,61-,62-,63-,64-,65-,66-,67-,69-/m1/s1. The summed E-state index contributed by atoms with van der Waals surface area (Å²) < 4.78 is 0. The summed E-state index contributed by atoms with van der Waals surface area (Å²) in [4.78, 5) is 144. The molecular formula is C78H107N19O9. The fraction of sp³-hybridized carbons (Fsp3) is 0.423. The second-order valence-electron chi connectivity index (χ2n) is 26.9. The average Bonchev–Trinajstić information content (AvgIpc) is 1.21. The Kier molecular flexibility index (Phi) is 32.7. The van der Waals surface area contributed by atoms with Gasteiger partial charge in [-0.3, -0.25) is 48.6 Å². The van der Waals surface area contributed by atoms with Gasteiger partial charge in [0.25, 0.3) is 5.91 Å². The van der Waals surface area contributed by atoms with E-state index in [-0.39, 0.29) is 58.0 Å². The van der Waals surface area contributed by atoms with E-state index in [4.69, 9.17) is 40.2 Å². The van der Waals surface area contributed by atoms with Gasteiger partial charge in [-0.15, -0.1) is 0 Å². The van der Waals surface area contributed by atoms with Crippen LogP contribution in [0.25, 0.3) is 32.7 Å². The average molecular weight is 1450 g/mol. The molecule has 0 spiro atoms. The number of hydrogen-bond donors (Lipinski definition) is 19. The molecule has 0 radical (unpaired) electrons. The molecule has 8 rings (SSSR count). The van der Waals surface area contributed by atoms with Crippen LogP contribution in [-0.4, -0.2) is 155 Å². The minimum atomic E-state index is -1.44. The van der Waals surface area contributed by atoms with Crippen molar-refractivity contribution in [1.82, 2.24) is 62.9 Å². The molecule has 5 aromatic carbocycles. The highest BCUT2D eigenvalue weighted by Crippen LogP contribution is 2.30.